The molecule has 1 fully saturated rings. The number of ether oxygens (including phenoxy) is 1. The number of piperazine rings is 1. The van der Waals surface area contributed by atoms with Gasteiger partial charge in [0, 0.05) is 57.9 Å². The summed E-state index contributed by atoms with van der Waals surface area (Å²) in [5.74, 6) is -3.66. The molecule has 0 spiro atoms. The van der Waals surface area contributed by atoms with Crippen LogP contribution in [-0.2, 0) is 22.2 Å². The fraction of sp³-hybridized carbons (Fsp3) is 0.500. The predicted octanol–water partition coefficient (Wildman–Crippen LogP) is 1.78. The fourth-order valence-corrected chi connectivity index (χ4v) is 3.82. The second kappa shape index (κ2) is 8.65. The van der Waals surface area contributed by atoms with Crippen LogP contribution in [0.25, 0.3) is 0 Å². The number of benzene rings is 1. The molecule has 10 heteroatoms. The molecule has 0 aliphatic carbocycles. The van der Waals surface area contributed by atoms with E-state index in [1.165, 1.54) is 13.2 Å². The molecule has 1 aromatic carbocycles. The number of rotatable bonds is 6. The zero-order chi connectivity index (χ0) is 21.9. The van der Waals surface area contributed by atoms with Crippen molar-refractivity contribution in [2.45, 2.75) is 11.8 Å². The van der Waals surface area contributed by atoms with E-state index in [1.54, 1.807) is 4.90 Å². The molecule has 1 aliphatic heterocycles. The summed E-state index contributed by atoms with van der Waals surface area (Å²) in [6.07, 6.45) is -2.69. The lowest BCUT2D eigenvalue weighted by atomic mass is 9.84. The van der Waals surface area contributed by atoms with Crippen LogP contribution in [0.5, 0.6) is 0 Å². The molecule has 3 rings (SSSR count). The van der Waals surface area contributed by atoms with Gasteiger partial charge < -0.3 is 19.3 Å². The van der Waals surface area contributed by atoms with Gasteiger partial charge in [-0.3, -0.25) is 9.69 Å². The van der Waals surface area contributed by atoms with Crippen LogP contribution in [0.2, 0.25) is 0 Å². The van der Waals surface area contributed by atoms with Gasteiger partial charge in [-0.15, -0.1) is 0 Å². The van der Waals surface area contributed by atoms with Crippen molar-refractivity contribution in [3.05, 3.63) is 48.5 Å². The first-order valence-electron chi connectivity index (χ1n) is 9.55. The number of carbonyl (C=O) groups excluding carboxylic acids is 1. The van der Waals surface area contributed by atoms with Crippen molar-refractivity contribution in [2.24, 2.45) is 13.0 Å². The van der Waals surface area contributed by atoms with Gasteiger partial charge in [-0.05, 0) is 12.1 Å². The number of aromatic nitrogens is 2. The number of anilines is 1. The number of hydrogen-bond acceptors (Lipinski definition) is 6. The Kier molecular flexibility index (Phi) is 6.37. The Balaban J connectivity index is 1.83. The number of esters is 1. The first-order valence-corrected chi connectivity index (χ1v) is 9.55. The lowest BCUT2D eigenvalue weighted by Crippen LogP contribution is -2.58. The molecule has 30 heavy (non-hydrogen) atoms. The number of aryl methyl sites for hydroxylation is 1. The molecular weight excluding hydrogens is 401 g/mol. The van der Waals surface area contributed by atoms with E-state index in [0.717, 1.165) is 23.6 Å². The highest BCUT2D eigenvalue weighted by Crippen LogP contribution is 2.44. The maximum Gasteiger partial charge on any atom is 0.425 e. The molecule has 0 amide bonds. The topological polar surface area (TPSA) is 70.8 Å². The number of nitrogens with zero attached hydrogens (tertiary/aromatic N) is 4. The van der Waals surface area contributed by atoms with Crippen molar-refractivity contribution in [1.82, 2.24) is 14.5 Å². The summed E-state index contributed by atoms with van der Waals surface area (Å²) in [6, 6.07) is 9.69. The third-order valence-corrected chi connectivity index (χ3v) is 5.52. The Morgan fingerprint density at radius 2 is 1.83 bits per heavy atom. The van der Waals surface area contributed by atoms with E-state index in [0.29, 0.717) is 26.2 Å². The fourth-order valence-electron chi connectivity index (χ4n) is 3.82. The minimum Gasteiger partial charge on any atom is -0.469 e. The molecule has 1 saturated heterocycles. The van der Waals surface area contributed by atoms with Crippen molar-refractivity contribution in [3.63, 3.8) is 0 Å². The molecule has 1 N–H and O–H groups in total. The number of carbonyl (C=O) groups is 1. The van der Waals surface area contributed by atoms with Gasteiger partial charge in [0.1, 0.15) is 5.92 Å². The maximum absolute atomic E-state index is 14.1. The van der Waals surface area contributed by atoms with Gasteiger partial charge in [-0.1, -0.05) is 18.2 Å². The van der Waals surface area contributed by atoms with E-state index in [-0.39, 0.29) is 6.54 Å². The van der Waals surface area contributed by atoms with Gasteiger partial charge in [0.15, 0.2) is 5.82 Å². The van der Waals surface area contributed by atoms with Crippen molar-refractivity contribution in [3.8, 4) is 0 Å². The molecule has 1 aliphatic rings. The molecule has 0 bridgehead atoms. The SMILES string of the molecule is COC(=O)[C@@H](CN1CCN(c2ccccc2)CC1)[C@@](O)(c1nccn1C)C(F)(F)F. The monoisotopic (exact) mass is 426 g/mol. The second-order valence-corrected chi connectivity index (χ2v) is 7.32. The van der Waals surface area contributed by atoms with Crippen molar-refractivity contribution in [1.29, 1.82) is 0 Å². The third-order valence-electron chi connectivity index (χ3n) is 5.52. The number of alkyl halides is 3. The van der Waals surface area contributed by atoms with Gasteiger partial charge >= 0.3 is 12.1 Å². The zero-order valence-electron chi connectivity index (χ0n) is 16.8. The number of methoxy groups -OCH3 is 1. The number of para-hydroxylation sites is 1. The van der Waals surface area contributed by atoms with E-state index in [1.807, 2.05) is 30.3 Å². The minimum absolute atomic E-state index is 0.307. The van der Waals surface area contributed by atoms with Crippen LogP contribution in [0.15, 0.2) is 42.7 Å². The van der Waals surface area contributed by atoms with E-state index in [4.69, 9.17) is 0 Å². The van der Waals surface area contributed by atoms with Crippen LogP contribution in [0.1, 0.15) is 5.82 Å². The van der Waals surface area contributed by atoms with E-state index in [9.17, 15) is 23.1 Å². The Morgan fingerprint density at radius 1 is 1.20 bits per heavy atom. The third kappa shape index (κ3) is 4.15. The van der Waals surface area contributed by atoms with Crippen molar-refractivity contribution in [2.75, 3.05) is 44.7 Å². The first-order chi connectivity index (χ1) is 14.2. The van der Waals surface area contributed by atoms with Crippen molar-refractivity contribution < 1.29 is 27.8 Å². The van der Waals surface area contributed by atoms with Crippen LogP contribution in [0.4, 0.5) is 18.9 Å². The number of aliphatic hydroxyl groups is 1. The highest BCUT2D eigenvalue weighted by molar-refractivity contribution is 5.74. The average molecular weight is 426 g/mol. The molecule has 2 atom stereocenters. The standard InChI is InChI=1S/C20H25F3N4O3/c1-25-9-8-24-18(25)19(29,20(21,22)23)16(17(28)30-2)14-26-10-12-27(13-11-26)15-6-4-3-5-7-15/h3-9,16,29H,10-14H2,1-2H3/t16-,19-/m1/s1. The number of hydrogen-bond donors (Lipinski definition) is 1. The van der Waals surface area contributed by atoms with Gasteiger partial charge in [0.25, 0.3) is 0 Å². The largest absolute Gasteiger partial charge is 0.469 e. The van der Waals surface area contributed by atoms with Crippen LogP contribution in [0.3, 0.4) is 0 Å². The summed E-state index contributed by atoms with van der Waals surface area (Å²) < 4.78 is 48.0. The quantitative estimate of drug-likeness (QED) is 0.711. The maximum atomic E-state index is 14.1. The Bertz CT molecular complexity index is 850. The summed E-state index contributed by atoms with van der Waals surface area (Å²) in [6.45, 7) is 1.75. The molecule has 2 heterocycles. The average Bonchev–Trinajstić information content (AvgIpc) is 3.17. The molecular formula is C20H25F3N4O3. The molecule has 0 saturated carbocycles. The highest BCUT2D eigenvalue weighted by atomic mass is 19.4. The normalized spacial score (nSPS) is 18.7. The molecule has 7 nitrogen and oxygen atoms in total. The summed E-state index contributed by atoms with van der Waals surface area (Å²) >= 11 is 0. The van der Waals surface area contributed by atoms with Crippen LogP contribution < -0.4 is 4.90 Å². The molecule has 0 unspecified atom stereocenters. The Labute approximate surface area is 172 Å². The highest BCUT2D eigenvalue weighted by Gasteiger charge is 2.65. The lowest BCUT2D eigenvalue weighted by molar-refractivity contribution is -0.291. The number of imidazole rings is 1. The van der Waals surface area contributed by atoms with Crippen LogP contribution in [-0.4, -0.2) is 71.5 Å². The molecule has 164 valence electrons. The predicted molar refractivity (Wildman–Crippen MR) is 104 cm³/mol. The summed E-state index contributed by atoms with van der Waals surface area (Å²) in [4.78, 5) is 20.0. The van der Waals surface area contributed by atoms with E-state index in [2.05, 4.69) is 14.6 Å². The number of halogens is 3. The first kappa shape index (κ1) is 22.1. The summed E-state index contributed by atoms with van der Waals surface area (Å²) in [5.41, 5.74) is -2.45. The van der Waals surface area contributed by atoms with Gasteiger partial charge in [-0.2, -0.15) is 13.2 Å². The van der Waals surface area contributed by atoms with E-state index >= 15 is 0 Å². The van der Waals surface area contributed by atoms with Gasteiger partial charge in [-0.25, -0.2) is 4.98 Å². The summed E-state index contributed by atoms with van der Waals surface area (Å²) in [5, 5.41) is 10.9. The Morgan fingerprint density at radius 3 is 2.33 bits per heavy atom. The minimum atomic E-state index is -5.13. The summed E-state index contributed by atoms with van der Waals surface area (Å²) in [7, 11) is 2.35. The van der Waals surface area contributed by atoms with Crippen LogP contribution >= 0.6 is 0 Å². The van der Waals surface area contributed by atoms with Crippen molar-refractivity contribution >= 4 is 11.7 Å². The molecule has 1 aromatic heterocycles. The van der Waals surface area contributed by atoms with Gasteiger partial charge in [0.05, 0.1) is 7.11 Å². The Hall–Kier alpha value is -2.59. The molecule has 0 radical (unpaired) electrons. The second-order valence-electron chi connectivity index (χ2n) is 7.32. The smallest absolute Gasteiger partial charge is 0.425 e. The van der Waals surface area contributed by atoms with Gasteiger partial charge in [0.2, 0.25) is 5.60 Å². The van der Waals surface area contributed by atoms with E-state index < -0.39 is 29.5 Å². The zero-order valence-corrected chi connectivity index (χ0v) is 16.8. The molecule has 2 aromatic rings. The van der Waals surface area contributed by atoms with Crippen LogP contribution in [0, 0.1) is 5.92 Å². The lowest BCUT2D eigenvalue weighted by Gasteiger charge is -2.41.